The smallest absolute Gasteiger partial charge is 1.00 e. The summed E-state index contributed by atoms with van der Waals surface area (Å²) in [5, 5.41) is 7.61. The predicted octanol–water partition coefficient (Wildman–Crippen LogP) is 2.26. The summed E-state index contributed by atoms with van der Waals surface area (Å²) in [5.41, 5.74) is 11.2. The Balaban J connectivity index is 0. The van der Waals surface area contributed by atoms with Crippen LogP contribution in [0.4, 0.5) is 11.4 Å². The summed E-state index contributed by atoms with van der Waals surface area (Å²) < 4.78 is 0. The van der Waals surface area contributed by atoms with E-state index in [2.05, 4.69) is 116 Å². The second-order valence-electron chi connectivity index (χ2n) is 11.4. The molecule has 0 fully saturated rings. The zero-order valence-corrected chi connectivity index (χ0v) is 27.5. The maximum atomic E-state index is 3.80. The fraction of sp³-hybridized carbons (Fsp3) is 0.613. The van der Waals surface area contributed by atoms with E-state index >= 15 is 0 Å². The van der Waals surface area contributed by atoms with Crippen LogP contribution in [0.3, 0.4) is 0 Å². The molecule has 2 aromatic carbocycles. The van der Waals surface area contributed by atoms with Crippen molar-refractivity contribution in [1.82, 2.24) is 4.90 Å². The summed E-state index contributed by atoms with van der Waals surface area (Å²) in [6.45, 7) is 26.7. The van der Waals surface area contributed by atoms with Crippen molar-refractivity contribution in [2.24, 2.45) is 0 Å². The fourth-order valence-corrected chi connectivity index (χ4v) is 4.77. The normalized spacial score (nSPS) is 11.0. The Morgan fingerprint density at radius 1 is 0.568 bits per heavy atom. The van der Waals surface area contributed by atoms with Gasteiger partial charge in [-0.1, -0.05) is 90.8 Å². The average molecular weight is 595 g/mol. The molecule has 2 N–H and O–H groups in total. The Labute approximate surface area is 251 Å². The van der Waals surface area contributed by atoms with Crippen LogP contribution < -0.4 is 35.4 Å². The van der Waals surface area contributed by atoms with Gasteiger partial charge in [0.1, 0.15) is 0 Å². The van der Waals surface area contributed by atoms with E-state index in [1.165, 1.54) is 44.8 Å². The Kier molecular flexibility index (Phi) is 18.2. The standard InChI is InChI=1S/C31H51N3.2ClH.Ni/c1-20(2)26-16-24(9)17-27(21(3)4)30(26)32-12-14-34(11)15-13-33-31-28(22(5)6)18-25(10)19-29(31)23(7)8;;;/h16-23,32-33H,12-15H2,1-11H3;2*1H;/q;;;+2/p-2. The summed E-state index contributed by atoms with van der Waals surface area (Å²) in [5.74, 6) is 2.06. The number of nitrogens with one attached hydrogen (secondary N) is 2. The molecule has 37 heavy (non-hydrogen) atoms. The van der Waals surface area contributed by atoms with Gasteiger partial charge in [-0.15, -0.1) is 0 Å². The molecule has 0 amide bonds. The molecular formula is C31H51Cl2N3Ni. The van der Waals surface area contributed by atoms with Gasteiger partial charge in [0, 0.05) is 37.6 Å². The van der Waals surface area contributed by atoms with E-state index in [1.807, 2.05) is 0 Å². The van der Waals surface area contributed by atoms with Crippen LogP contribution >= 0.6 is 0 Å². The number of nitrogens with zero attached hydrogens (tertiary/aromatic N) is 1. The van der Waals surface area contributed by atoms with Crippen LogP contribution in [0, 0.1) is 13.8 Å². The van der Waals surface area contributed by atoms with E-state index in [0.29, 0.717) is 23.7 Å². The Morgan fingerprint density at radius 2 is 0.811 bits per heavy atom. The third kappa shape index (κ3) is 11.0. The molecule has 0 bridgehead atoms. The summed E-state index contributed by atoms with van der Waals surface area (Å²) in [6, 6.07) is 9.42. The van der Waals surface area contributed by atoms with Gasteiger partial charge in [0.15, 0.2) is 0 Å². The van der Waals surface area contributed by atoms with Gasteiger partial charge < -0.3 is 40.3 Å². The number of hydrogen-bond donors (Lipinski definition) is 2. The number of rotatable bonds is 12. The number of benzene rings is 2. The number of aryl methyl sites for hydroxylation is 2. The van der Waals surface area contributed by atoms with Crippen molar-refractivity contribution in [1.29, 1.82) is 0 Å². The molecule has 0 atom stereocenters. The molecule has 0 aliphatic rings. The minimum absolute atomic E-state index is 0. The zero-order valence-electron chi connectivity index (χ0n) is 25.0. The van der Waals surface area contributed by atoms with E-state index in [-0.39, 0.29) is 41.3 Å². The molecule has 0 saturated heterocycles. The molecule has 0 spiro atoms. The van der Waals surface area contributed by atoms with Gasteiger partial charge in [-0.25, -0.2) is 0 Å². The van der Waals surface area contributed by atoms with Crippen molar-refractivity contribution in [3.63, 3.8) is 0 Å². The summed E-state index contributed by atoms with van der Waals surface area (Å²) in [6.07, 6.45) is 0. The van der Waals surface area contributed by atoms with Gasteiger partial charge in [0.2, 0.25) is 0 Å². The topological polar surface area (TPSA) is 27.3 Å². The van der Waals surface area contributed by atoms with E-state index in [1.54, 1.807) is 0 Å². The minimum atomic E-state index is 0. The monoisotopic (exact) mass is 593 g/mol. The van der Waals surface area contributed by atoms with Crippen molar-refractivity contribution in [2.45, 2.75) is 92.9 Å². The molecule has 6 heteroatoms. The molecule has 0 heterocycles. The molecular weight excluding hydrogens is 544 g/mol. The van der Waals surface area contributed by atoms with Crippen molar-refractivity contribution >= 4 is 11.4 Å². The molecule has 0 aliphatic carbocycles. The van der Waals surface area contributed by atoms with Crippen molar-refractivity contribution in [3.8, 4) is 0 Å². The van der Waals surface area contributed by atoms with E-state index in [4.69, 9.17) is 0 Å². The van der Waals surface area contributed by atoms with Gasteiger partial charge in [-0.05, 0) is 66.8 Å². The van der Waals surface area contributed by atoms with Gasteiger partial charge >= 0.3 is 16.5 Å². The molecule has 214 valence electrons. The first kappa shape index (κ1) is 38.2. The van der Waals surface area contributed by atoms with E-state index < -0.39 is 0 Å². The van der Waals surface area contributed by atoms with Crippen molar-refractivity contribution < 1.29 is 41.3 Å². The largest absolute Gasteiger partial charge is 2.00 e. The van der Waals surface area contributed by atoms with Crippen LogP contribution in [0.1, 0.15) is 112 Å². The van der Waals surface area contributed by atoms with Gasteiger partial charge in [-0.2, -0.15) is 0 Å². The van der Waals surface area contributed by atoms with Crippen LogP contribution in [-0.2, 0) is 16.5 Å². The maximum Gasteiger partial charge on any atom is 2.00 e. The Morgan fingerprint density at radius 3 is 1.03 bits per heavy atom. The second kappa shape index (κ2) is 17.6. The Bertz CT molecular complexity index is 809. The molecule has 0 aromatic heterocycles. The summed E-state index contributed by atoms with van der Waals surface area (Å²) in [7, 11) is 2.23. The molecule has 2 aromatic rings. The number of likely N-dealkylation sites (N-methyl/N-ethyl adjacent to an activating group) is 1. The fourth-order valence-electron chi connectivity index (χ4n) is 4.77. The quantitative estimate of drug-likeness (QED) is 0.369. The minimum Gasteiger partial charge on any atom is -1.00 e. The summed E-state index contributed by atoms with van der Waals surface area (Å²) >= 11 is 0. The van der Waals surface area contributed by atoms with Crippen LogP contribution in [-0.4, -0.2) is 38.1 Å². The number of hydrogen-bond acceptors (Lipinski definition) is 3. The molecule has 0 saturated carbocycles. The van der Waals surface area contributed by atoms with Crippen LogP contribution in [0.2, 0.25) is 0 Å². The van der Waals surface area contributed by atoms with E-state index in [0.717, 1.165) is 26.2 Å². The third-order valence-corrected chi connectivity index (χ3v) is 6.77. The van der Waals surface area contributed by atoms with Crippen LogP contribution in [0.25, 0.3) is 0 Å². The first-order valence-electron chi connectivity index (χ1n) is 13.4. The molecule has 0 aliphatic heterocycles. The second-order valence-corrected chi connectivity index (χ2v) is 11.4. The van der Waals surface area contributed by atoms with Gasteiger partial charge in [0.25, 0.3) is 0 Å². The maximum absolute atomic E-state index is 3.80. The van der Waals surface area contributed by atoms with Crippen LogP contribution in [0.15, 0.2) is 24.3 Å². The van der Waals surface area contributed by atoms with Gasteiger partial charge in [-0.3, -0.25) is 0 Å². The van der Waals surface area contributed by atoms with Crippen molar-refractivity contribution in [2.75, 3.05) is 43.9 Å². The molecule has 0 radical (unpaired) electrons. The van der Waals surface area contributed by atoms with Gasteiger partial charge in [0.05, 0.1) is 0 Å². The molecule has 0 unspecified atom stereocenters. The zero-order chi connectivity index (χ0) is 25.6. The van der Waals surface area contributed by atoms with Crippen LogP contribution in [0.5, 0.6) is 0 Å². The Hall–Kier alpha value is -0.926. The summed E-state index contributed by atoms with van der Waals surface area (Å²) in [4.78, 5) is 2.43. The average Bonchev–Trinajstić information content (AvgIpc) is 2.74. The number of anilines is 2. The SMILES string of the molecule is Cc1cc(C(C)C)c(NCCN(C)CCNc2c(C(C)C)cc(C)cc2C(C)C)c(C(C)C)c1.[Cl-].[Cl-].[Ni+2]. The number of halogens is 2. The third-order valence-electron chi connectivity index (χ3n) is 6.77. The molecule has 2 rings (SSSR count). The molecule has 3 nitrogen and oxygen atoms in total. The predicted molar refractivity (Wildman–Crippen MR) is 153 cm³/mol. The first-order valence-corrected chi connectivity index (χ1v) is 13.4. The van der Waals surface area contributed by atoms with E-state index in [9.17, 15) is 0 Å². The van der Waals surface area contributed by atoms with Crippen molar-refractivity contribution in [3.05, 3.63) is 57.6 Å². The first-order chi connectivity index (χ1) is 15.9.